The summed E-state index contributed by atoms with van der Waals surface area (Å²) < 4.78 is 0. The van der Waals surface area contributed by atoms with Gasteiger partial charge in [0.25, 0.3) is 5.91 Å². The molecular weight excluding hydrogens is 402 g/mol. The van der Waals surface area contributed by atoms with Crippen molar-refractivity contribution in [3.63, 3.8) is 0 Å². The lowest BCUT2D eigenvalue weighted by Gasteiger charge is -2.42. The van der Waals surface area contributed by atoms with Gasteiger partial charge in [-0.05, 0) is 43.2 Å². The standard InChI is InChI=1S/C25H29N5O2/c1-4-19-8-6-9-20(16-19)27-17-30-14-12-25(13-15-30,28-18-31)24(32)29(3)23-11-7-10-22(26)21(23)5-2/h1,5-11,16,18,27H,2,12-15,17,26H2,3H3,(H,28,31). The molecule has 0 radical (unpaired) electrons. The zero-order valence-corrected chi connectivity index (χ0v) is 18.3. The van der Waals surface area contributed by atoms with Gasteiger partial charge in [-0.15, -0.1) is 6.42 Å². The molecule has 4 N–H and O–H groups in total. The summed E-state index contributed by atoms with van der Waals surface area (Å²) >= 11 is 0. The van der Waals surface area contributed by atoms with Crippen LogP contribution in [0, 0.1) is 12.3 Å². The predicted octanol–water partition coefficient (Wildman–Crippen LogP) is 2.51. The molecule has 1 aliphatic rings. The number of likely N-dealkylation sites (tertiary alicyclic amines) is 1. The molecule has 2 amide bonds. The predicted molar refractivity (Wildman–Crippen MR) is 130 cm³/mol. The number of amides is 2. The van der Waals surface area contributed by atoms with Gasteiger partial charge in [-0.2, -0.15) is 0 Å². The average molecular weight is 432 g/mol. The number of nitrogen functional groups attached to an aromatic ring is 1. The Balaban J connectivity index is 1.69. The monoisotopic (exact) mass is 431 g/mol. The van der Waals surface area contributed by atoms with Crippen LogP contribution in [0.4, 0.5) is 17.1 Å². The van der Waals surface area contributed by atoms with Crippen LogP contribution in [0.3, 0.4) is 0 Å². The minimum atomic E-state index is -0.973. The molecule has 1 aliphatic heterocycles. The van der Waals surface area contributed by atoms with Gasteiger partial charge in [-0.25, -0.2) is 0 Å². The Labute approximate surface area is 189 Å². The first-order chi connectivity index (χ1) is 15.4. The van der Waals surface area contributed by atoms with E-state index in [9.17, 15) is 9.59 Å². The smallest absolute Gasteiger partial charge is 0.252 e. The van der Waals surface area contributed by atoms with E-state index in [1.54, 1.807) is 30.2 Å². The largest absolute Gasteiger partial charge is 0.398 e. The fourth-order valence-corrected chi connectivity index (χ4v) is 4.06. The van der Waals surface area contributed by atoms with Crippen molar-refractivity contribution in [2.75, 3.05) is 42.8 Å². The van der Waals surface area contributed by atoms with E-state index in [-0.39, 0.29) is 5.91 Å². The Morgan fingerprint density at radius 1 is 1.31 bits per heavy atom. The molecule has 0 spiro atoms. The fourth-order valence-electron chi connectivity index (χ4n) is 4.06. The van der Waals surface area contributed by atoms with Gasteiger partial charge in [0.05, 0.1) is 12.4 Å². The fraction of sp³-hybridized carbons (Fsp3) is 0.280. The van der Waals surface area contributed by atoms with Crippen molar-refractivity contribution in [3.8, 4) is 12.3 Å². The minimum Gasteiger partial charge on any atom is -0.398 e. The van der Waals surface area contributed by atoms with Crippen LogP contribution in [0.2, 0.25) is 0 Å². The number of nitrogens with zero attached hydrogens (tertiary/aromatic N) is 2. The molecule has 0 aliphatic carbocycles. The van der Waals surface area contributed by atoms with Gasteiger partial charge < -0.3 is 21.3 Å². The number of benzene rings is 2. The second-order valence-corrected chi connectivity index (χ2v) is 7.87. The maximum Gasteiger partial charge on any atom is 0.252 e. The van der Waals surface area contributed by atoms with Crippen LogP contribution in [-0.4, -0.2) is 49.6 Å². The third-order valence-corrected chi connectivity index (χ3v) is 5.98. The minimum absolute atomic E-state index is 0.173. The first-order valence-corrected chi connectivity index (χ1v) is 10.5. The molecule has 32 heavy (non-hydrogen) atoms. The Morgan fingerprint density at radius 2 is 2.03 bits per heavy atom. The average Bonchev–Trinajstić information content (AvgIpc) is 2.82. The third kappa shape index (κ3) is 4.76. The van der Waals surface area contributed by atoms with Crippen molar-refractivity contribution in [2.45, 2.75) is 18.4 Å². The number of carbonyl (C=O) groups excluding carboxylic acids is 2. The number of nitrogens with one attached hydrogen (secondary N) is 2. The Bertz CT molecular complexity index is 1030. The molecule has 7 nitrogen and oxygen atoms in total. The normalized spacial score (nSPS) is 15.2. The number of piperidine rings is 1. The second kappa shape index (κ2) is 10.0. The first-order valence-electron chi connectivity index (χ1n) is 10.5. The molecule has 1 saturated heterocycles. The molecule has 1 fully saturated rings. The van der Waals surface area contributed by atoms with E-state index in [1.165, 1.54) is 0 Å². The summed E-state index contributed by atoms with van der Waals surface area (Å²) in [4.78, 5) is 28.7. The van der Waals surface area contributed by atoms with Crippen molar-refractivity contribution < 1.29 is 9.59 Å². The van der Waals surface area contributed by atoms with Crippen LogP contribution in [0.15, 0.2) is 49.0 Å². The molecule has 0 bridgehead atoms. The maximum absolute atomic E-state index is 13.5. The third-order valence-electron chi connectivity index (χ3n) is 5.98. The highest BCUT2D eigenvalue weighted by atomic mass is 16.2. The van der Waals surface area contributed by atoms with Crippen LogP contribution < -0.4 is 21.3 Å². The topological polar surface area (TPSA) is 90.7 Å². The van der Waals surface area contributed by atoms with Crippen molar-refractivity contribution in [3.05, 3.63) is 60.2 Å². The molecule has 0 atom stereocenters. The van der Waals surface area contributed by atoms with Gasteiger partial charge in [0.2, 0.25) is 6.41 Å². The molecule has 7 heteroatoms. The van der Waals surface area contributed by atoms with Gasteiger partial charge in [0.1, 0.15) is 5.54 Å². The maximum atomic E-state index is 13.5. The molecule has 2 aromatic carbocycles. The zero-order valence-electron chi connectivity index (χ0n) is 18.3. The van der Waals surface area contributed by atoms with E-state index in [0.29, 0.717) is 55.9 Å². The summed E-state index contributed by atoms with van der Waals surface area (Å²) in [5.41, 5.74) is 8.74. The first kappa shape index (κ1) is 22.9. The molecule has 3 rings (SSSR count). The van der Waals surface area contributed by atoms with Gasteiger partial charge in [-0.1, -0.05) is 30.7 Å². The number of nitrogens with two attached hydrogens (primary N) is 1. The lowest BCUT2D eigenvalue weighted by molar-refractivity contribution is -0.129. The van der Waals surface area contributed by atoms with E-state index in [1.807, 2.05) is 30.3 Å². The number of hydrogen-bond donors (Lipinski definition) is 3. The van der Waals surface area contributed by atoms with Gasteiger partial charge in [-0.3, -0.25) is 14.5 Å². The Kier molecular flexibility index (Phi) is 7.18. The second-order valence-electron chi connectivity index (χ2n) is 7.87. The van der Waals surface area contributed by atoms with Gasteiger partial charge in [0.15, 0.2) is 0 Å². The Morgan fingerprint density at radius 3 is 2.69 bits per heavy atom. The number of anilines is 3. The molecular formula is C25H29N5O2. The molecule has 166 valence electrons. The van der Waals surface area contributed by atoms with E-state index in [2.05, 4.69) is 28.0 Å². The van der Waals surface area contributed by atoms with Crippen LogP contribution >= 0.6 is 0 Å². The highest BCUT2D eigenvalue weighted by Crippen LogP contribution is 2.31. The van der Waals surface area contributed by atoms with Crippen LogP contribution in [0.25, 0.3) is 6.08 Å². The molecule has 1 heterocycles. The lowest BCUT2D eigenvalue weighted by Crippen LogP contribution is -2.62. The zero-order chi connectivity index (χ0) is 23.1. The van der Waals surface area contributed by atoms with E-state index in [4.69, 9.17) is 12.2 Å². The van der Waals surface area contributed by atoms with Gasteiger partial charge in [0, 0.05) is 42.6 Å². The van der Waals surface area contributed by atoms with E-state index < -0.39 is 5.54 Å². The van der Waals surface area contributed by atoms with Crippen molar-refractivity contribution in [1.82, 2.24) is 10.2 Å². The lowest BCUT2D eigenvalue weighted by atomic mass is 9.86. The van der Waals surface area contributed by atoms with Crippen molar-refractivity contribution >= 4 is 35.5 Å². The summed E-state index contributed by atoms with van der Waals surface area (Å²) in [6.07, 6.45) is 8.70. The van der Waals surface area contributed by atoms with Crippen LogP contribution in [0.1, 0.15) is 24.0 Å². The highest BCUT2D eigenvalue weighted by molar-refractivity contribution is 6.03. The summed E-state index contributed by atoms with van der Waals surface area (Å²) in [7, 11) is 1.70. The summed E-state index contributed by atoms with van der Waals surface area (Å²) in [5.74, 6) is 2.45. The number of rotatable bonds is 8. The number of hydrogen-bond acceptors (Lipinski definition) is 5. The summed E-state index contributed by atoms with van der Waals surface area (Å²) in [6.45, 7) is 5.72. The number of carbonyl (C=O) groups is 2. The molecule has 0 aromatic heterocycles. The Hall–Kier alpha value is -3.76. The van der Waals surface area contributed by atoms with Crippen molar-refractivity contribution in [1.29, 1.82) is 0 Å². The quantitative estimate of drug-likeness (QED) is 0.339. The SMILES string of the molecule is C#Cc1cccc(NCN2CCC(NC=O)(C(=O)N(C)c3cccc(N)c3C=C)CC2)c1. The van der Waals surface area contributed by atoms with E-state index in [0.717, 1.165) is 11.3 Å². The summed E-state index contributed by atoms with van der Waals surface area (Å²) in [6, 6.07) is 13.1. The van der Waals surface area contributed by atoms with E-state index >= 15 is 0 Å². The molecule has 0 saturated carbocycles. The molecule has 2 aromatic rings. The summed E-state index contributed by atoms with van der Waals surface area (Å²) in [5, 5.41) is 6.18. The van der Waals surface area contributed by atoms with Crippen LogP contribution in [-0.2, 0) is 9.59 Å². The molecule has 0 unspecified atom stereocenters. The highest BCUT2D eigenvalue weighted by Gasteiger charge is 2.43. The number of likely N-dealkylation sites (N-methyl/N-ethyl adjacent to an activating group) is 1. The van der Waals surface area contributed by atoms with Crippen LogP contribution in [0.5, 0.6) is 0 Å². The van der Waals surface area contributed by atoms with Gasteiger partial charge >= 0.3 is 0 Å². The number of terminal acetylenes is 1. The van der Waals surface area contributed by atoms with Crippen molar-refractivity contribution in [2.24, 2.45) is 0 Å².